The second-order valence-corrected chi connectivity index (χ2v) is 7.45. The topological polar surface area (TPSA) is 3.24 Å². The van der Waals surface area contributed by atoms with Crippen LogP contribution >= 0.6 is 0 Å². The highest BCUT2D eigenvalue weighted by Crippen LogP contribution is 2.68. The molecule has 3 saturated carbocycles. The maximum absolute atomic E-state index is 2.56. The first kappa shape index (κ1) is 10.6. The van der Waals surface area contributed by atoms with Crippen molar-refractivity contribution in [2.24, 2.45) is 47.3 Å². The number of fused-ring (bicyclic) bond motifs is 9. The molecule has 0 spiro atoms. The molecule has 1 heteroatoms. The van der Waals surface area contributed by atoms with Crippen LogP contribution < -0.4 is 0 Å². The second kappa shape index (κ2) is 3.38. The Hall–Kier alpha value is -0.300. The number of rotatable bonds is 2. The van der Waals surface area contributed by atoms with E-state index in [4.69, 9.17) is 0 Å². The highest BCUT2D eigenvalue weighted by molar-refractivity contribution is 5.21. The molecule has 0 N–H and O–H groups in total. The summed E-state index contributed by atoms with van der Waals surface area (Å²) in [6, 6.07) is 0. The molecule has 0 aromatic carbocycles. The van der Waals surface area contributed by atoms with Gasteiger partial charge < -0.3 is 4.90 Å². The van der Waals surface area contributed by atoms with Gasteiger partial charge >= 0.3 is 0 Å². The van der Waals surface area contributed by atoms with Gasteiger partial charge in [-0.25, -0.2) is 0 Å². The van der Waals surface area contributed by atoms with E-state index in [0.717, 1.165) is 47.3 Å². The summed E-state index contributed by atoms with van der Waals surface area (Å²) < 4.78 is 0. The summed E-state index contributed by atoms with van der Waals surface area (Å²) in [4.78, 5) is 2.42. The average molecular weight is 231 g/mol. The van der Waals surface area contributed by atoms with Gasteiger partial charge in [-0.05, 0) is 74.3 Å². The third kappa shape index (κ3) is 1.24. The maximum Gasteiger partial charge on any atom is 0.000897 e. The first-order chi connectivity index (χ1) is 8.16. The molecular formula is C16H25N. The Morgan fingerprint density at radius 3 is 2.29 bits per heavy atom. The Morgan fingerprint density at radius 2 is 1.65 bits per heavy atom. The van der Waals surface area contributed by atoms with Crippen LogP contribution in [0.4, 0.5) is 0 Å². The first-order valence-corrected chi connectivity index (χ1v) is 7.50. The minimum Gasteiger partial charge on any atom is -0.309 e. The molecule has 4 aliphatic carbocycles. The largest absolute Gasteiger partial charge is 0.309 e. The Kier molecular flexibility index (Phi) is 2.11. The zero-order valence-corrected chi connectivity index (χ0v) is 11.3. The van der Waals surface area contributed by atoms with Gasteiger partial charge in [-0.2, -0.15) is 0 Å². The fourth-order valence-corrected chi connectivity index (χ4v) is 6.19. The van der Waals surface area contributed by atoms with Gasteiger partial charge in [0.25, 0.3) is 0 Å². The average Bonchev–Trinajstić information content (AvgIpc) is 2.97. The van der Waals surface area contributed by atoms with Gasteiger partial charge in [-0.15, -0.1) is 0 Å². The van der Waals surface area contributed by atoms with Crippen LogP contribution in [0.3, 0.4) is 0 Å². The van der Waals surface area contributed by atoms with Gasteiger partial charge in [0.1, 0.15) is 0 Å². The first-order valence-electron chi connectivity index (χ1n) is 7.50. The third-order valence-electron chi connectivity index (χ3n) is 6.59. The lowest BCUT2D eigenvalue weighted by molar-refractivity contribution is 0.0800. The zero-order chi connectivity index (χ0) is 11.7. The van der Waals surface area contributed by atoms with Crippen LogP contribution in [-0.2, 0) is 0 Å². The summed E-state index contributed by atoms with van der Waals surface area (Å²) in [7, 11) is 4.49. The van der Waals surface area contributed by atoms with Crippen molar-refractivity contribution in [3.05, 3.63) is 12.2 Å². The van der Waals surface area contributed by atoms with Crippen LogP contribution in [-0.4, -0.2) is 25.5 Å². The molecule has 4 rings (SSSR count). The fraction of sp³-hybridized carbons (Fsp3) is 0.875. The molecule has 17 heavy (non-hydrogen) atoms. The maximum atomic E-state index is 2.56. The van der Waals surface area contributed by atoms with E-state index in [1.807, 2.05) is 0 Å². The Labute approximate surface area is 105 Å². The minimum absolute atomic E-state index is 0.970. The molecule has 0 saturated heterocycles. The normalized spacial score (nSPS) is 58.4. The molecule has 8 atom stereocenters. The predicted molar refractivity (Wildman–Crippen MR) is 70.5 cm³/mol. The van der Waals surface area contributed by atoms with E-state index < -0.39 is 0 Å². The Balaban J connectivity index is 1.63. The van der Waals surface area contributed by atoms with Crippen molar-refractivity contribution in [1.82, 2.24) is 4.90 Å². The van der Waals surface area contributed by atoms with Crippen LogP contribution in [0.1, 0.15) is 19.8 Å². The summed E-state index contributed by atoms with van der Waals surface area (Å²) in [5.41, 5.74) is 0. The van der Waals surface area contributed by atoms with E-state index in [2.05, 4.69) is 38.1 Å². The molecule has 0 radical (unpaired) electrons. The van der Waals surface area contributed by atoms with Gasteiger partial charge in [0, 0.05) is 6.54 Å². The van der Waals surface area contributed by atoms with E-state index >= 15 is 0 Å². The summed E-state index contributed by atoms with van der Waals surface area (Å²) in [5.74, 6) is 8.21. The smallest absolute Gasteiger partial charge is 0.000897 e. The lowest BCUT2D eigenvalue weighted by atomic mass is 9.65. The molecule has 0 heterocycles. The number of allylic oxidation sites excluding steroid dienone is 2. The monoisotopic (exact) mass is 231 g/mol. The molecule has 1 nitrogen and oxygen atoms in total. The lowest BCUT2D eigenvalue weighted by Gasteiger charge is -2.41. The van der Waals surface area contributed by atoms with E-state index in [9.17, 15) is 0 Å². The van der Waals surface area contributed by atoms with E-state index in [0.29, 0.717) is 0 Å². The molecule has 4 aliphatic rings. The molecule has 0 aliphatic heterocycles. The van der Waals surface area contributed by atoms with Crippen molar-refractivity contribution >= 4 is 0 Å². The Bertz CT molecular complexity index is 359. The lowest BCUT2D eigenvalue weighted by Crippen LogP contribution is -2.40. The van der Waals surface area contributed by atoms with Crippen LogP contribution in [0.5, 0.6) is 0 Å². The molecule has 4 bridgehead atoms. The third-order valence-corrected chi connectivity index (χ3v) is 6.59. The predicted octanol–water partition coefficient (Wildman–Crippen LogP) is 2.89. The molecule has 8 unspecified atom stereocenters. The van der Waals surface area contributed by atoms with Gasteiger partial charge in [0.2, 0.25) is 0 Å². The number of hydrogen-bond acceptors (Lipinski definition) is 1. The van der Waals surface area contributed by atoms with E-state index in [-0.39, 0.29) is 0 Å². The summed E-state index contributed by atoms with van der Waals surface area (Å²) in [5, 5.41) is 0. The molecule has 0 aromatic rings. The fourth-order valence-electron chi connectivity index (χ4n) is 6.19. The second-order valence-electron chi connectivity index (χ2n) is 7.45. The van der Waals surface area contributed by atoms with E-state index in [1.54, 1.807) is 6.42 Å². The SMILES string of the molecule is CC1C(CN(C)C)C2CC1C1C3C=CC(C3)C21. The van der Waals surface area contributed by atoms with E-state index in [1.165, 1.54) is 13.0 Å². The zero-order valence-electron chi connectivity index (χ0n) is 11.3. The van der Waals surface area contributed by atoms with Gasteiger partial charge in [0.15, 0.2) is 0 Å². The minimum atomic E-state index is 0.970. The van der Waals surface area contributed by atoms with Crippen molar-refractivity contribution in [1.29, 1.82) is 0 Å². The van der Waals surface area contributed by atoms with Crippen molar-refractivity contribution < 1.29 is 0 Å². The Morgan fingerprint density at radius 1 is 1.00 bits per heavy atom. The summed E-state index contributed by atoms with van der Waals surface area (Å²) in [6.45, 7) is 3.87. The van der Waals surface area contributed by atoms with Crippen molar-refractivity contribution in [3.8, 4) is 0 Å². The highest BCUT2D eigenvalue weighted by atomic mass is 15.1. The van der Waals surface area contributed by atoms with Gasteiger partial charge in [-0.3, -0.25) is 0 Å². The van der Waals surface area contributed by atoms with Crippen LogP contribution in [0.2, 0.25) is 0 Å². The molecule has 94 valence electrons. The van der Waals surface area contributed by atoms with Crippen molar-refractivity contribution in [3.63, 3.8) is 0 Å². The van der Waals surface area contributed by atoms with Crippen molar-refractivity contribution in [2.75, 3.05) is 20.6 Å². The molecule has 3 fully saturated rings. The number of nitrogens with zero attached hydrogens (tertiary/aromatic N) is 1. The van der Waals surface area contributed by atoms with Crippen LogP contribution in [0, 0.1) is 47.3 Å². The quantitative estimate of drug-likeness (QED) is 0.522. The molecule has 0 aromatic heterocycles. The summed E-state index contributed by atoms with van der Waals surface area (Å²) in [6.07, 6.45) is 8.18. The van der Waals surface area contributed by atoms with Gasteiger partial charge in [-0.1, -0.05) is 19.1 Å². The molecule has 0 amide bonds. The van der Waals surface area contributed by atoms with Crippen LogP contribution in [0.25, 0.3) is 0 Å². The van der Waals surface area contributed by atoms with Crippen molar-refractivity contribution in [2.45, 2.75) is 19.8 Å². The standard InChI is InChI=1S/C16H25N/c1-9-12-7-13(14(9)8-17(2)3)16-11-5-4-10(6-11)15(12)16/h4-5,9-16H,6-8H2,1-3H3. The van der Waals surface area contributed by atoms with Gasteiger partial charge in [0.05, 0.1) is 0 Å². The summed E-state index contributed by atoms with van der Waals surface area (Å²) >= 11 is 0. The highest BCUT2D eigenvalue weighted by Gasteiger charge is 2.63. The number of hydrogen-bond donors (Lipinski definition) is 0. The molecular weight excluding hydrogens is 206 g/mol. The van der Waals surface area contributed by atoms with Crippen LogP contribution in [0.15, 0.2) is 12.2 Å².